The number of nitrogens with zero attached hydrogens (tertiary/aromatic N) is 2. The quantitative estimate of drug-likeness (QED) is 0.732. The molecule has 5 rings (SSSR count). The van der Waals surface area contributed by atoms with Crippen LogP contribution in [0.15, 0.2) is 24.3 Å². The molecule has 1 N–H and O–H groups in total. The molecule has 1 aromatic rings. The van der Waals surface area contributed by atoms with Gasteiger partial charge in [0, 0.05) is 37.3 Å². The zero-order valence-corrected chi connectivity index (χ0v) is 18.6. The molecule has 0 spiro atoms. The Morgan fingerprint density at radius 3 is 2.32 bits per heavy atom. The zero-order chi connectivity index (χ0) is 21.4. The lowest BCUT2D eigenvalue weighted by atomic mass is 9.67. The highest BCUT2D eigenvalue weighted by Gasteiger charge is 2.45. The molecule has 3 fully saturated rings. The number of piperidine rings is 1. The first kappa shape index (κ1) is 21.0. The van der Waals surface area contributed by atoms with Crippen LogP contribution in [0.25, 0.3) is 0 Å². The summed E-state index contributed by atoms with van der Waals surface area (Å²) in [4.78, 5) is 35.1. The monoisotopic (exact) mass is 425 g/mol. The predicted molar refractivity (Wildman–Crippen MR) is 120 cm³/mol. The van der Waals surface area contributed by atoms with Crippen LogP contribution in [0, 0.1) is 11.8 Å². The number of likely N-dealkylation sites (tertiary alicyclic amines) is 1. The number of carbonyl (C=O) groups is 2. The fourth-order valence-electron chi connectivity index (χ4n) is 7.02. The van der Waals surface area contributed by atoms with Crippen molar-refractivity contribution in [2.75, 3.05) is 25.1 Å². The summed E-state index contributed by atoms with van der Waals surface area (Å²) >= 11 is 0. The van der Waals surface area contributed by atoms with Crippen molar-refractivity contribution < 1.29 is 14.4 Å². The second kappa shape index (κ2) is 8.91. The van der Waals surface area contributed by atoms with Gasteiger partial charge in [-0.2, -0.15) is 0 Å². The minimum absolute atomic E-state index is 0.0699. The molecule has 6 nitrogen and oxygen atoms in total. The Morgan fingerprint density at radius 1 is 1.03 bits per heavy atom. The minimum Gasteiger partial charge on any atom is -0.308 e. The van der Waals surface area contributed by atoms with E-state index in [1.807, 2.05) is 29.2 Å². The Morgan fingerprint density at radius 2 is 1.68 bits per heavy atom. The molecule has 2 aliphatic carbocycles. The summed E-state index contributed by atoms with van der Waals surface area (Å²) in [7, 11) is 1.42. The molecular weight excluding hydrogens is 390 g/mol. The van der Waals surface area contributed by atoms with Gasteiger partial charge in [0.1, 0.15) is 0 Å². The Balaban J connectivity index is 1.29. The average Bonchev–Trinajstić information content (AvgIpc) is 3.05. The Bertz CT molecular complexity index is 798. The third-order valence-corrected chi connectivity index (χ3v) is 8.26. The zero-order valence-electron chi connectivity index (χ0n) is 18.6. The van der Waals surface area contributed by atoms with Crippen molar-refractivity contribution in [1.29, 1.82) is 0 Å². The van der Waals surface area contributed by atoms with E-state index < -0.39 is 5.92 Å². The highest BCUT2D eigenvalue weighted by atomic mass is 16.6. The van der Waals surface area contributed by atoms with Crippen LogP contribution in [0.5, 0.6) is 0 Å². The lowest BCUT2D eigenvalue weighted by Crippen LogP contribution is -2.55. The Hall–Kier alpha value is -1.92. The molecule has 31 heavy (non-hydrogen) atoms. The number of fused-ring (bicyclic) bond motifs is 3. The molecule has 1 aromatic carbocycles. The molecule has 0 radical (unpaired) electrons. The molecule has 2 heterocycles. The number of carbonyl (C=O) groups excluding carboxylic acids is 2. The number of para-hydroxylation sites is 1. The normalized spacial score (nSPS) is 31.5. The Kier molecular flexibility index (Phi) is 6.02. The van der Waals surface area contributed by atoms with Gasteiger partial charge in [0.2, 0.25) is 11.8 Å². The first-order chi connectivity index (χ1) is 15.2. The molecule has 2 amide bonds. The summed E-state index contributed by atoms with van der Waals surface area (Å²) in [5.74, 6) is 1.18. The van der Waals surface area contributed by atoms with E-state index in [1.54, 1.807) is 0 Å². The lowest BCUT2D eigenvalue weighted by Gasteiger charge is -2.50. The summed E-state index contributed by atoms with van der Waals surface area (Å²) < 4.78 is 0. The standard InChI is InChI=1S/C25H35N3O3/c1-31-26-23(29)16-21-20-10-2-3-11-22(20)28(25(21)30)19-12-14-27(15-13-19)24-17-6-4-7-18(24)9-5-8-17/h2-3,10-11,17-19,21,24H,4-9,12-16H2,1H3,(H,26,29). The SMILES string of the molecule is CONC(=O)CC1C(=O)N(C2CCN(C3C4CCCC3CCC4)CC2)c2ccccc21. The molecule has 6 heteroatoms. The van der Waals surface area contributed by atoms with Crippen LogP contribution in [0.3, 0.4) is 0 Å². The number of rotatable bonds is 5. The van der Waals surface area contributed by atoms with Gasteiger partial charge in [0.25, 0.3) is 0 Å². The van der Waals surface area contributed by atoms with E-state index >= 15 is 0 Å². The highest BCUT2D eigenvalue weighted by Crippen LogP contribution is 2.45. The second-order valence-electron chi connectivity index (χ2n) is 9.89. The molecule has 1 atom stereocenters. The van der Waals surface area contributed by atoms with Gasteiger partial charge in [0.05, 0.1) is 13.0 Å². The molecule has 2 bridgehead atoms. The molecule has 0 aromatic heterocycles. The van der Waals surface area contributed by atoms with Gasteiger partial charge in [-0.3, -0.25) is 19.3 Å². The molecule has 1 saturated heterocycles. The van der Waals surface area contributed by atoms with Gasteiger partial charge in [0.15, 0.2) is 0 Å². The first-order valence-corrected chi connectivity index (χ1v) is 12.1. The summed E-state index contributed by atoms with van der Waals surface area (Å²) in [6, 6.07) is 8.99. The molecule has 2 aliphatic heterocycles. The van der Waals surface area contributed by atoms with Crippen molar-refractivity contribution in [3.63, 3.8) is 0 Å². The van der Waals surface area contributed by atoms with Crippen molar-refractivity contribution in [3.8, 4) is 0 Å². The predicted octanol–water partition coefficient (Wildman–Crippen LogP) is 3.62. The van der Waals surface area contributed by atoms with Gasteiger partial charge in [-0.15, -0.1) is 0 Å². The van der Waals surface area contributed by atoms with Crippen LogP contribution in [0.1, 0.15) is 69.3 Å². The van der Waals surface area contributed by atoms with Gasteiger partial charge in [-0.1, -0.05) is 31.0 Å². The number of amides is 2. The fraction of sp³-hybridized carbons (Fsp3) is 0.680. The van der Waals surface area contributed by atoms with Crippen molar-refractivity contribution in [2.24, 2.45) is 11.8 Å². The Labute approximate surface area is 185 Å². The number of hydrogen-bond donors (Lipinski definition) is 1. The summed E-state index contributed by atoms with van der Waals surface area (Å²) in [6.45, 7) is 2.17. The smallest absolute Gasteiger partial charge is 0.244 e. The summed E-state index contributed by atoms with van der Waals surface area (Å²) in [5, 5.41) is 0. The van der Waals surface area contributed by atoms with Gasteiger partial charge in [-0.25, -0.2) is 5.48 Å². The van der Waals surface area contributed by atoms with E-state index in [0.29, 0.717) is 0 Å². The van der Waals surface area contributed by atoms with E-state index in [-0.39, 0.29) is 24.3 Å². The molecule has 4 aliphatic rings. The van der Waals surface area contributed by atoms with Crippen LogP contribution in [-0.4, -0.2) is 49.0 Å². The van der Waals surface area contributed by atoms with Crippen LogP contribution in [0.2, 0.25) is 0 Å². The van der Waals surface area contributed by atoms with Crippen molar-refractivity contribution in [3.05, 3.63) is 29.8 Å². The maximum atomic E-state index is 13.4. The van der Waals surface area contributed by atoms with Crippen molar-refractivity contribution in [2.45, 2.75) is 75.8 Å². The van der Waals surface area contributed by atoms with Crippen LogP contribution >= 0.6 is 0 Å². The molecule has 2 saturated carbocycles. The summed E-state index contributed by atoms with van der Waals surface area (Å²) in [6.07, 6.45) is 10.6. The van der Waals surface area contributed by atoms with E-state index in [0.717, 1.165) is 55.1 Å². The topological polar surface area (TPSA) is 61.9 Å². The largest absolute Gasteiger partial charge is 0.308 e. The second-order valence-corrected chi connectivity index (χ2v) is 9.89. The number of nitrogens with one attached hydrogen (secondary N) is 1. The summed E-state index contributed by atoms with van der Waals surface area (Å²) in [5.41, 5.74) is 4.33. The number of hydrogen-bond acceptors (Lipinski definition) is 4. The minimum atomic E-state index is -0.415. The molecular formula is C25H35N3O3. The van der Waals surface area contributed by atoms with E-state index in [1.165, 1.54) is 45.6 Å². The molecule has 168 valence electrons. The number of anilines is 1. The van der Waals surface area contributed by atoms with Crippen molar-refractivity contribution in [1.82, 2.24) is 10.4 Å². The van der Waals surface area contributed by atoms with Gasteiger partial charge >= 0.3 is 0 Å². The van der Waals surface area contributed by atoms with Crippen molar-refractivity contribution >= 4 is 17.5 Å². The number of benzene rings is 1. The lowest BCUT2D eigenvalue weighted by molar-refractivity contribution is -0.133. The third-order valence-electron chi connectivity index (χ3n) is 8.26. The maximum absolute atomic E-state index is 13.4. The van der Waals surface area contributed by atoms with Crippen LogP contribution < -0.4 is 10.4 Å². The molecule has 1 unspecified atom stereocenters. The average molecular weight is 426 g/mol. The van der Waals surface area contributed by atoms with Gasteiger partial charge < -0.3 is 4.90 Å². The van der Waals surface area contributed by atoms with E-state index in [4.69, 9.17) is 4.84 Å². The third kappa shape index (κ3) is 3.89. The maximum Gasteiger partial charge on any atom is 0.244 e. The van der Waals surface area contributed by atoms with E-state index in [9.17, 15) is 9.59 Å². The van der Waals surface area contributed by atoms with Crippen LogP contribution in [0.4, 0.5) is 5.69 Å². The number of hydroxylamine groups is 1. The van der Waals surface area contributed by atoms with Crippen LogP contribution in [-0.2, 0) is 14.4 Å². The van der Waals surface area contributed by atoms with E-state index in [2.05, 4.69) is 10.4 Å². The first-order valence-electron chi connectivity index (χ1n) is 12.1. The van der Waals surface area contributed by atoms with Gasteiger partial charge in [-0.05, 0) is 62.0 Å². The highest BCUT2D eigenvalue weighted by molar-refractivity contribution is 6.07. The fourth-order valence-corrected chi connectivity index (χ4v) is 7.02.